The Bertz CT molecular complexity index is 353. The minimum atomic E-state index is -1.00. The number of carbonyl (C=O) groups is 2. The van der Waals surface area contributed by atoms with Gasteiger partial charge in [0.25, 0.3) is 0 Å². The predicted octanol–water partition coefficient (Wildman–Crippen LogP) is 0.836. The summed E-state index contributed by atoms with van der Waals surface area (Å²) in [6, 6.07) is 6.12. The van der Waals surface area contributed by atoms with E-state index in [1.807, 2.05) is 0 Å². The predicted molar refractivity (Wildman–Crippen MR) is 67.8 cm³/mol. The lowest BCUT2D eigenvalue weighted by atomic mass is 10.2. The lowest BCUT2D eigenvalue weighted by Crippen LogP contribution is -2.31. The van der Waals surface area contributed by atoms with Gasteiger partial charge in [-0.25, -0.2) is 0 Å². The van der Waals surface area contributed by atoms with E-state index in [-0.39, 0.29) is 5.75 Å². The number of hydrogen-bond donors (Lipinski definition) is 3. The second kappa shape index (κ2) is 8.60. The average Bonchev–Trinajstić information content (AvgIpc) is 2.38. The van der Waals surface area contributed by atoms with Crippen molar-refractivity contribution < 1.29 is 19.4 Å². The maximum Gasteiger partial charge on any atom is 0.321 e. The molecular formula is C11H15NO4S. The molecule has 0 aliphatic heterocycles. The van der Waals surface area contributed by atoms with E-state index in [9.17, 15) is 9.59 Å². The van der Waals surface area contributed by atoms with Gasteiger partial charge in [-0.15, -0.1) is 0 Å². The summed E-state index contributed by atoms with van der Waals surface area (Å²) in [4.78, 5) is 19.9. The van der Waals surface area contributed by atoms with E-state index in [4.69, 9.17) is 15.6 Å². The summed E-state index contributed by atoms with van der Waals surface area (Å²) in [7, 11) is 1.59. The van der Waals surface area contributed by atoms with Gasteiger partial charge in [-0.05, 0) is 24.3 Å². The molecule has 5 nitrogen and oxygen atoms in total. The van der Waals surface area contributed by atoms with E-state index >= 15 is 0 Å². The zero-order valence-corrected chi connectivity index (χ0v) is 10.3. The van der Waals surface area contributed by atoms with Crippen LogP contribution in [0.1, 0.15) is 10.4 Å². The van der Waals surface area contributed by atoms with E-state index in [0.29, 0.717) is 5.56 Å². The van der Waals surface area contributed by atoms with Crippen LogP contribution in [0.25, 0.3) is 0 Å². The van der Waals surface area contributed by atoms with Crippen LogP contribution in [0.4, 0.5) is 0 Å². The van der Waals surface area contributed by atoms with Crippen LogP contribution in [0.3, 0.4) is 0 Å². The van der Waals surface area contributed by atoms with Gasteiger partial charge < -0.3 is 15.6 Å². The number of rotatable bonds is 4. The molecule has 1 aromatic rings. The van der Waals surface area contributed by atoms with Crippen molar-refractivity contribution >= 4 is 24.9 Å². The molecular weight excluding hydrogens is 242 g/mol. The minimum Gasteiger partial charge on any atom is -0.497 e. The molecule has 0 saturated carbocycles. The number of carbonyl (C=O) groups excluding carboxylic acids is 1. The van der Waals surface area contributed by atoms with Gasteiger partial charge in [0.05, 0.1) is 7.11 Å². The molecule has 1 unspecified atom stereocenters. The van der Waals surface area contributed by atoms with Crippen molar-refractivity contribution in [3.8, 4) is 5.75 Å². The molecule has 1 rings (SSSR count). The van der Waals surface area contributed by atoms with Gasteiger partial charge >= 0.3 is 5.97 Å². The third kappa shape index (κ3) is 6.60. The Labute approximate surface area is 105 Å². The third-order valence-corrected chi connectivity index (χ3v) is 2.16. The maximum absolute atomic E-state index is 10.2. The van der Waals surface area contributed by atoms with E-state index in [0.717, 1.165) is 12.0 Å². The number of benzene rings is 1. The van der Waals surface area contributed by atoms with Gasteiger partial charge in [0.15, 0.2) is 0 Å². The lowest BCUT2D eigenvalue weighted by molar-refractivity contribution is -0.137. The van der Waals surface area contributed by atoms with Crippen molar-refractivity contribution in [2.24, 2.45) is 5.73 Å². The summed E-state index contributed by atoms with van der Waals surface area (Å²) in [5, 5.41) is 8.01. The molecule has 3 N–H and O–H groups in total. The molecule has 0 heterocycles. The fourth-order valence-electron chi connectivity index (χ4n) is 0.761. The molecule has 0 amide bonds. The summed E-state index contributed by atoms with van der Waals surface area (Å²) in [5.74, 6) is -0.0457. The van der Waals surface area contributed by atoms with Crippen LogP contribution in [-0.2, 0) is 4.79 Å². The van der Waals surface area contributed by atoms with Crippen molar-refractivity contribution in [3.63, 3.8) is 0 Å². The van der Waals surface area contributed by atoms with Gasteiger partial charge in [-0.2, -0.15) is 12.6 Å². The van der Waals surface area contributed by atoms with Crippen LogP contribution < -0.4 is 10.5 Å². The van der Waals surface area contributed by atoms with Crippen molar-refractivity contribution in [1.29, 1.82) is 0 Å². The van der Waals surface area contributed by atoms with E-state index in [1.165, 1.54) is 0 Å². The number of thiol groups is 1. The summed E-state index contributed by atoms with van der Waals surface area (Å²) in [6.45, 7) is 0. The van der Waals surface area contributed by atoms with Crippen molar-refractivity contribution in [2.45, 2.75) is 6.04 Å². The Morgan fingerprint density at radius 1 is 1.53 bits per heavy atom. The van der Waals surface area contributed by atoms with Gasteiger partial charge in [-0.3, -0.25) is 9.59 Å². The smallest absolute Gasteiger partial charge is 0.321 e. The van der Waals surface area contributed by atoms with E-state index < -0.39 is 12.0 Å². The largest absolute Gasteiger partial charge is 0.497 e. The topological polar surface area (TPSA) is 89.6 Å². The van der Waals surface area contributed by atoms with Gasteiger partial charge in [0.1, 0.15) is 18.1 Å². The van der Waals surface area contributed by atoms with Crippen LogP contribution in [0.2, 0.25) is 0 Å². The molecule has 1 aromatic carbocycles. The van der Waals surface area contributed by atoms with Crippen molar-refractivity contribution in [1.82, 2.24) is 0 Å². The zero-order chi connectivity index (χ0) is 13.3. The number of methoxy groups -OCH3 is 1. The second-order valence-corrected chi connectivity index (χ2v) is 3.38. The monoisotopic (exact) mass is 257 g/mol. The number of hydrogen-bond acceptors (Lipinski definition) is 5. The van der Waals surface area contributed by atoms with Gasteiger partial charge in [0.2, 0.25) is 0 Å². The number of aldehydes is 1. The molecule has 0 saturated heterocycles. The molecule has 0 fully saturated rings. The van der Waals surface area contributed by atoms with Crippen molar-refractivity contribution in [3.05, 3.63) is 29.8 Å². The number of carboxylic acid groups (broad SMARTS) is 1. The molecule has 0 aliphatic rings. The number of aliphatic carboxylic acids is 1. The first-order valence-corrected chi connectivity index (χ1v) is 5.36. The molecule has 0 spiro atoms. The third-order valence-electron chi connectivity index (χ3n) is 1.77. The zero-order valence-electron chi connectivity index (χ0n) is 9.37. The molecule has 1 atom stereocenters. The highest BCUT2D eigenvalue weighted by Crippen LogP contribution is 2.09. The first kappa shape index (κ1) is 15.5. The van der Waals surface area contributed by atoms with E-state index in [1.54, 1.807) is 31.4 Å². The summed E-state index contributed by atoms with van der Waals surface area (Å²) in [6.07, 6.45) is 0.805. The van der Waals surface area contributed by atoms with Crippen LogP contribution >= 0.6 is 12.6 Å². The Kier molecular flexibility index (Phi) is 7.83. The summed E-state index contributed by atoms with van der Waals surface area (Å²) < 4.78 is 4.90. The fraction of sp³-hybridized carbons (Fsp3) is 0.273. The SMILES string of the molecule is COc1ccc(C=O)cc1.NC(CS)C(=O)O. The molecule has 0 radical (unpaired) electrons. The highest BCUT2D eigenvalue weighted by molar-refractivity contribution is 7.80. The van der Waals surface area contributed by atoms with Crippen LogP contribution in [0, 0.1) is 0 Å². The first-order chi connectivity index (χ1) is 8.04. The van der Waals surface area contributed by atoms with Gasteiger partial charge in [0, 0.05) is 11.3 Å². The summed E-state index contributed by atoms with van der Waals surface area (Å²) in [5.41, 5.74) is 5.61. The second-order valence-electron chi connectivity index (χ2n) is 3.02. The minimum absolute atomic E-state index is 0.190. The van der Waals surface area contributed by atoms with Crippen LogP contribution in [-0.4, -0.2) is 36.3 Å². The average molecular weight is 257 g/mol. The van der Waals surface area contributed by atoms with Crippen molar-refractivity contribution in [2.75, 3.05) is 12.9 Å². The Balaban J connectivity index is 0.000000325. The highest BCUT2D eigenvalue weighted by atomic mass is 32.1. The Hall–Kier alpha value is -1.53. The van der Waals surface area contributed by atoms with Gasteiger partial charge in [-0.1, -0.05) is 0 Å². The first-order valence-electron chi connectivity index (χ1n) is 4.73. The quantitative estimate of drug-likeness (QED) is 0.549. The highest BCUT2D eigenvalue weighted by Gasteiger charge is 2.06. The Morgan fingerprint density at radius 3 is 2.29 bits per heavy atom. The molecule has 0 bridgehead atoms. The molecule has 17 heavy (non-hydrogen) atoms. The van der Waals surface area contributed by atoms with E-state index in [2.05, 4.69) is 12.6 Å². The summed E-state index contributed by atoms with van der Waals surface area (Å²) >= 11 is 3.65. The standard InChI is InChI=1S/C8H8O2.C3H7NO2S/c1-10-8-4-2-7(6-9)3-5-8;4-2(1-7)3(5)6/h2-6H,1H3;2,7H,1,4H2,(H,5,6). The van der Waals surface area contributed by atoms with Crippen LogP contribution in [0.15, 0.2) is 24.3 Å². The molecule has 94 valence electrons. The molecule has 6 heteroatoms. The number of ether oxygens (including phenoxy) is 1. The fourth-order valence-corrected chi connectivity index (χ4v) is 0.917. The van der Waals surface area contributed by atoms with Crippen LogP contribution in [0.5, 0.6) is 5.75 Å². The maximum atomic E-state index is 10.2. The molecule has 0 aromatic heterocycles. The molecule has 0 aliphatic carbocycles. The lowest BCUT2D eigenvalue weighted by Gasteiger charge is -1.96. The number of nitrogens with two attached hydrogens (primary N) is 1. The number of carboxylic acids is 1. The Morgan fingerprint density at radius 2 is 2.06 bits per heavy atom. The normalized spacial score (nSPS) is 10.8.